The maximum atomic E-state index is 13.3. The molecular formula is C30H36N4O9. The summed E-state index contributed by atoms with van der Waals surface area (Å²) in [6.07, 6.45) is -0.183. The lowest BCUT2D eigenvalue weighted by molar-refractivity contribution is -0.133. The molecule has 0 aliphatic carbocycles. The van der Waals surface area contributed by atoms with Gasteiger partial charge in [-0.2, -0.15) is 0 Å². The summed E-state index contributed by atoms with van der Waals surface area (Å²) < 4.78 is 17.9. The molecule has 0 spiro atoms. The fourth-order valence-electron chi connectivity index (χ4n) is 4.59. The lowest BCUT2D eigenvalue weighted by Crippen LogP contribution is -2.45. The van der Waals surface area contributed by atoms with Gasteiger partial charge < -0.3 is 30.4 Å². The Morgan fingerprint density at radius 3 is 2.02 bits per heavy atom. The van der Waals surface area contributed by atoms with Gasteiger partial charge in [0, 0.05) is 26.5 Å². The summed E-state index contributed by atoms with van der Waals surface area (Å²) in [6, 6.07) is 6.31. The minimum Gasteiger partial charge on any atom is -0.497 e. The first-order valence-electron chi connectivity index (χ1n) is 13.3. The monoisotopic (exact) mass is 596 g/mol. The number of esters is 2. The number of methoxy groups -OCH3 is 1. The van der Waals surface area contributed by atoms with E-state index in [0.29, 0.717) is 33.7 Å². The van der Waals surface area contributed by atoms with E-state index in [1.54, 1.807) is 45.0 Å². The van der Waals surface area contributed by atoms with Crippen molar-refractivity contribution in [1.82, 2.24) is 9.13 Å². The molecule has 0 radical (unpaired) electrons. The fraction of sp³-hybridized carbons (Fsp3) is 0.367. The number of aromatic nitrogens is 2. The Morgan fingerprint density at radius 1 is 0.953 bits per heavy atom. The van der Waals surface area contributed by atoms with Gasteiger partial charge in [-0.1, -0.05) is 0 Å². The van der Waals surface area contributed by atoms with Crippen LogP contribution in [0.1, 0.15) is 49.4 Å². The van der Waals surface area contributed by atoms with E-state index in [4.69, 9.17) is 19.9 Å². The number of hydrogen-bond acceptors (Lipinski definition) is 10. The normalized spacial score (nSPS) is 12.3. The van der Waals surface area contributed by atoms with Crippen LogP contribution < -0.4 is 36.5 Å². The minimum absolute atomic E-state index is 0.0170. The van der Waals surface area contributed by atoms with Gasteiger partial charge in [-0.25, -0.2) is 9.36 Å². The number of nitrogens with zero attached hydrogens (tertiary/aromatic N) is 2. The highest BCUT2D eigenvalue weighted by molar-refractivity contribution is 5.98. The van der Waals surface area contributed by atoms with E-state index >= 15 is 0 Å². The summed E-state index contributed by atoms with van der Waals surface area (Å²) >= 11 is 0. The smallest absolute Gasteiger partial charge is 0.337 e. The molecule has 13 nitrogen and oxygen atoms in total. The average Bonchev–Trinajstić information content (AvgIpc) is 2.94. The standard InChI is InChI=1S/C30H36N4O9/c1-15-16(2)25(43-19(5)36)22(17(3)24(15)42-18(4)35)13-14-30(6,40)28(38)32-23-26(31)34(29(39)33(7)27(23)37)20-9-11-21(41-8)12-10-20/h9-12,40H,13-14,31H2,1-8H3,(H,32,38). The summed E-state index contributed by atoms with van der Waals surface area (Å²) in [5, 5.41) is 13.6. The van der Waals surface area contributed by atoms with Gasteiger partial charge in [0.1, 0.15) is 34.4 Å². The molecule has 1 atom stereocenters. The summed E-state index contributed by atoms with van der Waals surface area (Å²) in [7, 11) is 2.72. The van der Waals surface area contributed by atoms with Gasteiger partial charge in [0.2, 0.25) is 0 Å². The molecule has 3 rings (SSSR count). The molecule has 13 heteroatoms. The molecule has 1 heterocycles. The SMILES string of the molecule is COc1ccc(-n2c(N)c(NC(=O)C(C)(O)CCc3c(C)c(OC(C)=O)c(C)c(C)c3OC(C)=O)c(=O)n(C)c2=O)cc1. The molecule has 0 aliphatic heterocycles. The first-order valence-corrected chi connectivity index (χ1v) is 13.3. The van der Waals surface area contributed by atoms with Crippen molar-refractivity contribution in [3.8, 4) is 22.9 Å². The molecule has 43 heavy (non-hydrogen) atoms. The molecule has 230 valence electrons. The average molecular weight is 597 g/mol. The van der Waals surface area contributed by atoms with Crippen molar-refractivity contribution in [3.05, 3.63) is 67.4 Å². The van der Waals surface area contributed by atoms with Gasteiger partial charge in [0.15, 0.2) is 0 Å². The maximum absolute atomic E-state index is 13.3. The van der Waals surface area contributed by atoms with Crippen molar-refractivity contribution in [2.45, 2.75) is 60.0 Å². The highest BCUT2D eigenvalue weighted by Crippen LogP contribution is 2.39. The first-order chi connectivity index (χ1) is 20.0. The third kappa shape index (κ3) is 6.61. The number of hydrogen-bond donors (Lipinski definition) is 3. The van der Waals surface area contributed by atoms with E-state index < -0.39 is 40.4 Å². The van der Waals surface area contributed by atoms with Gasteiger partial charge in [-0.3, -0.25) is 23.7 Å². The van der Waals surface area contributed by atoms with Crippen LogP contribution in [-0.2, 0) is 27.9 Å². The van der Waals surface area contributed by atoms with Crippen molar-refractivity contribution in [3.63, 3.8) is 0 Å². The van der Waals surface area contributed by atoms with Crippen LogP contribution in [0.3, 0.4) is 0 Å². The number of nitrogens with one attached hydrogen (secondary N) is 1. The Balaban J connectivity index is 2.00. The van der Waals surface area contributed by atoms with Crippen LogP contribution in [0.2, 0.25) is 0 Å². The van der Waals surface area contributed by atoms with E-state index in [2.05, 4.69) is 5.32 Å². The zero-order chi connectivity index (χ0) is 32.4. The van der Waals surface area contributed by atoms with Crippen LogP contribution in [0.25, 0.3) is 5.69 Å². The Kier molecular flexibility index (Phi) is 9.50. The van der Waals surface area contributed by atoms with Crippen molar-refractivity contribution >= 4 is 29.4 Å². The van der Waals surface area contributed by atoms with Gasteiger partial charge in [-0.05, 0) is 81.5 Å². The van der Waals surface area contributed by atoms with Gasteiger partial charge in [0.25, 0.3) is 11.5 Å². The molecular weight excluding hydrogens is 560 g/mol. The number of benzene rings is 2. The van der Waals surface area contributed by atoms with E-state index in [-0.39, 0.29) is 30.2 Å². The van der Waals surface area contributed by atoms with E-state index in [1.165, 1.54) is 34.9 Å². The summed E-state index contributed by atoms with van der Waals surface area (Å²) in [6.45, 7) is 8.85. The van der Waals surface area contributed by atoms with E-state index in [1.807, 2.05) is 0 Å². The Bertz CT molecular complexity index is 1720. The van der Waals surface area contributed by atoms with Crippen molar-refractivity contribution in [2.24, 2.45) is 7.05 Å². The minimum atomic E-state index is -2.07. The maximum Gasteiger partial charge on any atom is 0.337 e. The molecule has 1 amide bonds. The summed E-state index contributed by atoms with van der Waals surface area (Å²) in [5.41, 5.74) is 4.53. The molecule has 0 fully saturated rings. The van der Waals surface area contributed by atoms with Crippen LogP contribution in [0.15, 0.2) is 33.9 Å². The lowest BCUT2D eigenvalue weighted by atomic mass is 9.90. The molecule has 0 saturated carbocycles. The third-order valence-electron chi connectivity index (χ3n) is 7.22. The number of nitrogen functional groups attached to an aromatic ring is 1. The fourth-order valence-corrected chi connectivity index (χ4v) is 4.59. The molecule has 0 aliphatic rings. The zero-order valence-electron chi connectivity index (χ0n) is 25.4. The first kappa shape index (κ1) is 32.6. The number of rotatable bonds is 9. The zero-order valence-corrected chi connectivity index (χ0v) is 25.4. The Morgan fingerprint density at radius 2 is 1.49 bits per heavy atom. The van der Waals surface area contributed by atoms with Crippen LogP contribution in [0, 0.1) is 20.8 Å². The molecule has 2 aromatic carbocycles. The number of nitrogens with two attached hydrogens (primary N) is 1. The summed E-state index contributed by atoms with van der Waals surface area (Å²) in [5.74, 6) is -1.37. The Hall–Kier alpha value is -4.91. The quantitative estimate of drug-likeness (QED) is 0.245. The predicted molar refractivity (Wildman–Crippen MR) is 159 cm³/mol. The van der Waals surface area contributed by atoms with Crippen molar-refractivity contribution in [2.75, 3.05) is 18.2 Å². The second kappa shape index (κ2) is 12.5. The number of amides is 1. The topological polar surface area (TPSA) is 181 Å². The molecule has 3 aromatic rings. The number of ether oxygens (including phenoxy) is 3. The molecule has 0 bridgehead atoms. The number of carbonyl (C=O) groups excluding carboxylic acids is 3. The number of anilines is 2. The Labute approximate surface area is 247 Å². The van der Waals surface area contributed by atoms with Crippen LogP contribution in [0.4, 0.5) is 11.5 Å². The second-order valence-corrected chi connectivity index (χ2v) is 10.4. The van der Waals surface area contributed by atoms with E-state index in [9.17, 15) is 29.1 Å². The highest BCUT2D eigenvalue weighted by Gasteiger charge is 2.33. The van der Waals surface area contributed by atoms with Crippen molar-refractivity contribution < 1.29 is 33.7 Å². The predicted octanol–water partition coefficient (Wildman–Crippen LogP) is 2.23. The molecule has 1 unspecified atom stereocenters. The van der Waals surface area contributed by atoms with Gasteiger partial charge in [-0.15, -0.1) is 0 Å². The number of carbonyl (C=O) groups is 3. The van der Waals surface area contributed by atoms with Crippen LogP contribution >= 0.6 is 0 Å². The highest BCUT2D eigenvalue weighted by atomic mass is 16.5. The van der Waals surface area contributed by atoms with Crippen LogP contribution in [-0.4, -0.2) is 44.8 Å². The number of aliphatic hydroxyl groups is 1. The molecule has 0 saturated heterocycles. The van der Waals surface area contributed by atoms with Crippen LogP contribution in [0.5, 0.6) is 17.2 Å². The summed E-state index contributed by atoms with van der Waals surface area (Å²) in [4.78, 5) is 62.9. The second-order valence-electron chi connectivity index (χ2n) is 10.4. The van der Waals surface area contributed by atoms with Gasteiger partial charge in [0.05, 0.1) is 12.8 Å². The lowest BCUT2D eigenvalue weighted by Gasteiger charge is -2.25. The molecule has 1 aromatic heterocycles. The van der Waals surface area contributed by atoms with Crippen molar-refractivity contribution in [1.29, 1.82) is 0 Å². The third-order valence-corrected chi connectivity index (χ3v) is 7.22. The van der Waals surface area contributed by atoms with E-state index in [0.717, 1.165) is 9.13 Å². The largest absolute Gasteiger partial charge is 0.497 e. The van der Waals surface area contributed by atoms with Gasteiger partial charge >= 0.3 is 17.6 Å². The molecule has 4 N–H and O–H groups in total.